The third-order valence-electron chi connectivity index (χ3n) is 3.54. The van der Waals surface area contributed by atoms with Crippen molar-refractivity contribution in [2.45, 2.75) is 64.2 Å². The van der Waals surface area contributed by atoms with Crippen molar-refractivity contribution < 1.29 is 4.74 Å². The summed E-state index contributed by atoms with van der Waals surface area (Å²) in [7, 11) is 0. The predicted octanol–water partition coefficient (Wildman–Crippen LogP) is 2.33. The van der Waals surface area contributed by atoms with Crippen molar-refractivity contribution >= 4 is 0 Å². The molecular formula is C12H23NO. The number of hydrogen-bond acceptors (Lipinski definition) is 2. The SMILES string of the molecule is CCCC1OC(C2CC2)CNC1CC. The van der Waals surface area contributed by atoms with Crippen LogP contribution in [0.15, 0.2) is 0 Å². The van der Waals surface area contributed by atoms with Gasteiger partial charge in [0.2, 0.25) is 0 Å². The first-order chi connectivity index (χ1) is 6.85. The van der Waals surface area contributed by atoms with Gasteiger partial charge in [0, 0.05) is 12.6 Å². The third-order valence-corrected chi connectivity index (χ3v) is 3.54. The van der Waals surface area contributed by atoms with Gasteiger partial charge < -0.3 is 10.1 Å². The Morgan fingerprint density at radius 2 is 2.07 bits per heavy atom. The zero-order chi connectivity index (χ0) is 9.97. The molecule has 0 aromatic heterocycles. The fourth-order valence-corrected chi connectivity index (χ4v) is 2.47. The molecule has 2 nitrogen and oxygen atoms in total. The Morgan fingerprint density at radius 1 is 1.29 bits per heavy atom. The zero-order valence-corrected chi connectivity index (χ0v) is 9.46. The second-order valence-corrected chi connectivity index (χ2v) is 4.76. The summed E-state index contributed by atoms with van der Waals surface area (Å²) in [5.74, 6) is 0.875. The Balaban J connectivity index is 1.86. The maximum Gasteiger partial charge on any atom is 0.0732 e. The van der Waals surface area contributed by atoms with E-state index in [1.165, 1.54) is 32.1 Å². The van der Waals surface area contributed by atoms with Gasteiger partial charge in [-0.05, 0) is 31.6 Å². The van der Waals surface area contributed by atoms with Gasteiger partial charge in [-0.3, -0.25) is 0 Å². The molecule has 0 spiro atoms. The maximum absolute atomic E-state index is 6.19. The molecule has 0 aromatic rings. The predicted molar refractivity (Wildman–Crippen MR) is 58.4 cm³/mol. The Morgan fingerprint density at radius 3 is 2.64 bits per heavy atom. The minimum atomic E-state index is 0.476. The van der Waals surface area contributed by atoms with Crippen molar-refractivity contribution in [3.63, 3.8) is 0 Å². The number of nitrogens with one attached hydrogen (secondary N) is 1. The van der Waals surface area contributed by atoms with Gasteiger partial charge in [-0.25, -0.2) is 0 Å². The van der Waals surface area contributed by atoms with Gasteiger partial charge in [0.25, 0.3) is 0 Å². The minimum absolute atomic E-state index is 0.476. The van der Waals surface area contributed by atoms with Crippen molar-refractivity contribution in [1.29, 1.82) is 0 Å². The molecule has 1 aliphatic carbocycles. The highest BCUT2D eigenvalue weighted by atomic mass is 16.5. The molecule has 0 aromatic carbocycles. The lowest BCUT2D eigenvalue weighted by molar-refractivity contribution is -0.0761. The summed E-state index contributed by atoms with van der Waals surface area (Å²) in [6.07, 6.45) is 7.43. The quantitative estimate of drug-likeness (QED) is 0.747. The monoisotopic (exact) mass is 197 g/mol. The highest BCUT2D eigenvalue weighted by Gasteiger charge is 2.38. The number of morpholine rings is 1. The fraction of sp³-hybridized carbons (Fsp3) is 1.00. The average molecular weight is 197 g/mol. The Labute approximate surface area is 87.4 Å². The van der Waals surface area contributed by atoms with E-state index in [1.807, 2.05) is 0 Å². The van der Waals surface area contributed by atoms with Crippen LogP contribution in [0, 0.1) is 5.92 Å². The molecule has 82 valence electrons. The van der Waals surface area contributed by atoms with Crippen molar-refractivity contribution in [3.05, 3.63) is 0 Å². The van der Waals surface area contributed by atoms with E-state index in [-0.39, 0.29) is 0 Å². The van der Waals surface area contributed by atoms with E-state index in [0.29, 0.717) is 18.2 Å². The lowest BCUT2D eigenvalue weighted by atomic mass is 10.00. The van der Waals surface area contributed by atoms with E-state index >= 15 is 0 Å². The molecule has 2 fully saturated rings. The molecule has 1 N–H and O–H groups in total. The van der Waals surface area contributed by atoms with Gasteiger partial charge in [-0.15, -0.1) is 0 Å². The third kappa shape index (κ3) is 2.29. The van der Waals surface area contributed by atoms with Gasteiger partial charge in [-0.1, -0.05) is 20.3 Å². The molecule has 2 aliphatic rings. The summed E-state index contributed by atoms with van der Waals surface area (Å²) < 4.78 is 6.19. The van der Waals surface area contributed by atoms with Gasteiger partial charge in [0.05, 0.1) is 12.2 Å². The standard InChI is InChI=1S/C12H23NO/c1-3-5-11-10(4-2)13-8-12(14-11)9-6-7-9/h9-13H,3-8H2,1-2H3. The van der Waals surface area contributed by atoms with Gasteiger partial charge in [0.1, 0.15) is 0 Å². The molecule has 3 unspecified atom stereocenters. The van der Waals surface area contributed by atoms with Gasteiger partial charge in [-0.2, -0.15) is 0 Å². The molecule has 1 saturated carbocycles. The van der Waals surface area contributed by atoms with E-state index in [0.717, 1.165) is 12.5 Å². The van der Waals surface area contributed by atoms with Crippen molar-refractivity contribution in [2.24, 2.45) is 5.92 Å². The van der Waals surface area contributed by atoms with E-state index < -0.39 is 0 Å². The largest absolute Gasteiger partial charge is 0.372 e. The van der Waals surface area contributed by atoms with Gasteiger partial charge >= 0.3 is 0 Å². The van der Waals surface area contributed by atoms with Crippen LogP contribution in [0.1, 0.15) is 46.0 Å². The molecule has 0 bridgehead atoms. The Kier molecular flexibility index (Phi) is 3.45. The summed E-state index contributed by atoms with van der Waals surface area (Å²) in [6, 6.07) is 0.602. The summed E-state index contributed by atoms with van der Waals surface area (Å²) in [5, 5.41) is 3.65. The molecule has 3 atom stereocenters. The molecule has 0 amide bonds. The van der Waals surface area contributed by atoms with Crippen LogP contribution in [0.5, 0.6) is 0 Å². The average Bonchev–Trinajstić information content (AvgIpc) is 3.01. The summed E-state index contributed by atoms with van der Waals surface area (Å²) in [6.45, 7) is 5.58. The lowest BCUT2D eigenvalue weighted by Gasteiger charge is -2.37. The molecule has 1 saturated heterocycles. The number of hydrogen-bond donors (Lipinski definition) is 1. The molecule has 2 heteroatoms. The van der Waals surface area contributed by atoms with Crippen LogP contribution < -0.4 is 5.32 Å². The number of rotatable bonds is 4. The second-order valence-electron chi connectivity index (χ2n) is 4.76. The first kappa shape index (κ1) is 10.4. The van der Waals surface area contributed by atoms with Crippen molar-refractivity contribution in [2.75, 3.05) is 6.54 Å². The van der Waals surface area contributed by atoms with Crippen LogP contribution in [0.2, 0.25) is 0 Å². The first-order valence-corrected chi connectivity index (χ1v) is 6.24. The van der Waals surface area contributed by atoms with Crippen LogP contribution in [0.25, 0.3) is 0 Å². The highest BCUT2D eigenvalue weighted by molar-refractivity contribution is 4.91. The molecular weight excluding hydrogens is 174 g/mol. The van der Waals surface area contributed by atoms with Gasteiger partial charge in [0.15, 0.2) is 0 Å². The molecule has 2 rings (SSSR count). The highest BCUT2D eigenvalue weighted by Crippen LogP contribution is 2.36. The maximum atomic E-state index is 6.19. The van der Waals surface area contributed by atoms with E-state index in [9.17, 15) is 0 Å². The summed E-state index contributed by atoms with van der Waals surface area (Å²) in [4.78, 5) is 0. The minimum Gasteiger partial charge on any atom is -0.372 e. The summed E-state index contributed by atoms with van der Waals surface area (Å²) >= 11 is 0. The fourth-order valence-electron chi connectivity index (χ4n) is 2.47. The van der Waals surface area contributed by atoms with Crippen LogP contribution in [-0.2, 0) is 4.74 Å². The molecule has 0 radical (unpaired) electrons. The number of ether oxygens (including phenoxy) is 1. The van der Waals surface area contributed by atoms with Crippen LogP contribution in [0.3, 0.4) is 0 Å². The zero-order valence-electron chi connectivity index (χ0n) is 9.46. The normalized spacial score (nSPS) is 38.6. The van der Waals surface area contributed by atoms with Crippen molar-refractivity contribution in [3.8, 4) is 0 Å². The lowest BCUT2D eigenvalue weighted by Crippen LogP contribution is -2.52. The van der Waals surface area contributed by atoms with Crippen LogP contribution >= 0.6 is 0 Å². The van der Waals surface area contributed by atoms with E-state index in [4.69, 9.17) is 4.74 Å². The van der Waals surface area contributed by atoms with Crippen LogP contribution in [0.4, 0.5) is 0 Å². The van der Waals surface area contributed by atoms with Crippen molar-refractivity contribution in [1.82, 2.24) is 5.32 Å². The van der Waals surface area contributed by atoms with E-state index in [1.54, 1.807) is 0 Å². The molecule has 14 heavy (non-hydrogen) atoms. The second kappa shape index (κ2) is 4.63. The molecule has 1 aliphatic heterocycles. The topological polar surface area (TPSA) is 21.3 Å². The Hall–Kier alpha value is -0.0800. The molecule has 1 heterocycles. The Bertz CT molecular complexity index is 179. The van der Waals surface area contributed by atoms with Crippen LogP contribution in [-0.4, -0.2) is 24.8 Å². The van der Waals surface area contributed by atoms with E-state index in [2.05, 4.69) is 19.2 Å². The smallest absolute Gasteiger partial charge is 0.0732 e. The first-order valence-electron chi connectivity index (χ1n) is 6.24. The summed E-state index contributed by atoms with van der Waals surface area (Å²) in [5.41, 5.74) is 0.